The molecule has 26 heavy (non-hydrogen) atoms. The minimum absolute atomic E-state index is 0.232. The normalized spacial score (nSPS) is 13.7. The van der Waals surface area contributed by atoms with E-state index in [0.29, 0.717) is 12.2 Å². The van der Waals surface area contributed by atoms with E-state index in [9.17, 15) is 17.6 Å². The highest BCUT2D eigenvalue weighted by atomic mass is 32.2. The first-order valence-electron chi connectivity index (χ1n) is 8.23. The minimum Gasteiger partial charge on any atom is -0.481 e. The molecule has 2 atom stereocenters. The third-order valence-electron chi connectivity index (χ3n) is 3.93. The molecule has 0 bridgehead atoms. The van der Waals surface area contributed by atoms with E-state index < -0.39 is 15.9 Å². The molecular weight excluding hydrogens is 357 g/mol. The second kappa shape index (κ2) is 8.31. The van der Waals surface area contributed by atoms with Crippen LogP contribution in [0.1, 0.15) is 31.9 Å². The number of carbonyl (C=O) groups excluding carboxylic acids is 1. The summed E-state index contributed by atoms with van der Waals surface area (Å²) >= 11 is 0. The van der Waals surface area contributed by atoms with Crippen LogP contribution in [0.4, 0.5) is 4.39 Å². The van der Waals surface area contributed by atoms with Crippen molar-refractivity contribution >= 4 is 15.7 Å². The van der Waals surface area contributed by atoms with E-state index in [1.807, 2.05) is 6.92 Å². The molecule has 0 fully saturated rings. The largest absolute Gasteiger partial charge is 0.481 e. The molecule has 5 nitrogen and oxygen atoms in total. The Balaban J connectivity index is 2.04. The third-order valence-corrected chi connectivity index (χ3v) is 5.06. The van der Waals surface area contributed by atoms with Crippen LogP contribution in [0, 0.1) is 5.82 Å². The van der Waals surface area contributed by atoms with Gasteiger partial charge in [-0.3, -0.25) is 4.79 Å². The van der Waals surface area contributed by atoms with E-state index in [-0.39, 0.29) is 22.7 Å². The first-order chi connectivity index (χ1) is 12.2. The molecule has 2 rings (SSSR count). The van der Waals surface area contributed by atoms with E-state index in [1.165, 1.54) is 36.4 Å². The molecule has 0 aliphatic heterocycles. The number of halogens is 1. The number of benzene rings is 2. The number of nitrogens with one attached hydrogen (secondary N) is 1. The zero-order valence-corrected chi connectivity index (χ0v) is 15.7. The van der Waals surface area contributed by atoms with Crippen LogP contribution in [-0.2, 0) is 14.6 Å². The van der Waals surface area contributed by atoms with Crippen molar-refractivity contribution in [2.45, 2.75) is 37.3 Å². The fourth-order valence-electron chi connectivity index (χ4n) is 2.43. The zero-order valence-electron chi connectivity index (χ0n) is 14.9. The average Bonchev–Trinajstić information content (AvgIpc) is 2.60. The first-order valence-corrected chi connectivity index (χ1v) is 10.1. The van der Waals surface area contributed by atoms with Crippen molar-refractivity contribution in [3.8, 4) is 5.75 Å². The van der Waals surface area contributed by atoms with Crippen molar-refractivity contribution in [2.24, 2.45) is 0 Å². The molecule has 0 saturated carbocycles. The van der Waals surface area contributed by atoms with Crippen molar-refractivity contribution in [1.82, 2.24) is 5.32 Å². The molecule has 0 radical (unpaired) electrons. The van der Waals surface area contributed by atoms with E-state index in [1.54, 1.807) is 19.1 Å². The molecular formula is C19H22FNO4S. The van der Waals surface area contributed by atoms with Gasteiger partial charge < -0.3 is 10.1 Å². The van der Waals surface area contributed by atoms with Crippen LogP contribution in [-0.4, -0.2) is 26.7 Å². The maximum atomic E-state index is 12.9. The van der Waals surface area contributed by atoms with Gasteiger partial charge in [0.05, 0.1) is 10.9 Å². The molecule has 0 aliphatic rings. The monoisotopic (exact) mass is 379 g/mol. The lowest BCUT2D eigenvalue weighted by Crippen LogP contribution is -2.38. The predicted octanol–water partition coefficient (Wildman–Crippen LogP) is 3.26. The lowest BCUT2D eigenvalue weighted by molar-refractivity contribution is -0.128. The summed E-state index contributed by atoms with van der Waals surface area (Å²) in [6.07, 6.45) is 1.02. The fraction of sp³-hybridized carbons (Fsp3) is 0.316. The Morgan fingerprint density at radius 3 is 2.19 bits per heavy atom. The molecule has 0 heterocycles. The van der Waals surface area contributed by atoms with Crippen LogP contribution in [0.25, 0.3) is 0 Å². The Morgan fingerprint density at radius 1 is 1.12 bits per heavy atom. The van der Waals surface area contributed by atoms with Gasteiger partial charge in [0, 0.05) is 6.26 Å². The molecule has 1 N–H and O–H groups in total. The summed E-state index contributed by atoms with van der Waals surface area (Å²) in [6.45, 7) is 3.53. The first kappa shape index (κ1) is 19.9. The number of sulfone groups is 1. The number of hydrogen-bond donors (Lipinski definition) is 1. The van der Waals surface area contributed by atoms with E-state index in [2.05, 4.69) is 5.32 Å². The van der Waals surface area contributed by atoms with Crippen molar-refractivity contribution < 1.29 is 22.3 Å². The summed E-state index contributed by atoms with van der Waals surface area (Å²) in [5, 5.41) is 2.89. The second-order valence-electron chi connectivity index (χ2n) is 6.02. The lowest BCUT2D eigenvalue weighted by Gasteiger charge is -2.21. The standard InChI is InChI=1S/C19H22FNO4S/c1-4-18(14-5-11-17(12-6-14)26(3,23)24)21-19(22)13(2)25-16-9-7-15(20)8-10-16/h5-13,18H,4H2,1-3H3,(H,21,22). The highest BCUT2D eigenvalue weighted by Gasteiger charge is 2.20. The number of hydrogen-bond acceptors (Lipinski definition) is 4. The average molecular weight is 379 g/mol. The van der Waals surface area contributed by atoms with Crippen molar-refractivity contribution in [3.63, 3.8) is 0 Å². The van der Waals surface area contributed by atoms with Gasteiger partial charge in [0.15, 0.2) is 15.9 Å². The highest BCUT2D eigenvalue weighted by Crippen LogP contribution is 2.20. The molecule has 0 saturated heterocycles. The Hall–Kier alpha value is -2.41. The molecule has 0 aliphatic carbocycles. The summed E-state index contributed by atoms with van der Waals surface area (Å²) in [5.41, 5.74) is 0.808. The molecule has 1 amide bonds. The summed E-state index contributed by atoms with van der Waals surface area (Å²) in [7, 11) is -3.26. The molecule has 140 valence electrons. The van der Waals surface area contributed by atoms with Gasteiger partial charge in [-0.05, 0) is 55.3 Å². The summed E-state index contributed by atoms with van der Waals surface area (Å²) < 4.78 is 41.5. The van der Waals surface area contributed by atoms with Crippen molar-refractivity contribution in [1.29, 1.82) is 0 Å². The SMILES string of the molecule is CCC(NC(=O)C(C)Oc1ccc(F)cc1)c1ccc(S(C)(=O)=O)cc1. The third kappa shape index (κ3) is 5.29. The number of ether oxygens (including phenoxy) is 1. The molecule has 2 aromatic carbocycles. The van der Waals surface area contributed by atoms with Crippen molar-refractivity contribution in [3.05, 3.63) is 59.9 Å². The van der Waals surface area contributed by atoms with Crippen LogP contribution >= 0.6 is 0 Å². The van der Waals surface area contributed by atoms with Gasteiger partial charge in [0.1, 0.15) is 11.6 Å². The van der Waals surface area contributed by atoms with Crippen LogP contribution in [0.2, 0.25) is 0 Å². The van der Waals surface area contributed by atoms with Crippen LogP contribution in [0.3, 0.4) is 0 Å². The maximum Gasteiger partial charge on any atom is 0.261 e. The van der Waals surface area contributed by atoms with Gasteiger partial charge in [0.25, 0.3) is 5.91 Å². The van der Waals surface area contributed by atoms with Gasteiger partial charge >= 0.3 is 0 Å². The predicted molar refractivity (Wildman–Crippen MR) is 97.2 cm³/mol. The highest BCUT2D eigenvalue weighted by molar-refractivity contribution is 7.90. The van der Waals surface area contributed by atoms with E-state index in [4.69, 9.17) is 4.74 Å². The Labute approximate surface area is 153 Å². The van der Waals surface area contributed by atoms with Gasteiger partial charge in [-0.15, -0.1) is 0 Å². The fourth-order valence-corrected chi connectivity index (χ4v) is 3.06. The summed E-state index contributed by atoms with van der Waals surface area (Å²) in [5.74, 6) is -0.286. The summed E-state index contributed by atoms with van der Waals surface area (Å²) in [6, 6.07) is 11.6. The minimum atomic E-state index is -3.26. The van der Waals surface area contributed by atoms with Gasteiger partial charge in [-0.2, -0.15) is 0 Å². The van der Waals surface area contributed by atoms with Crippen molar-refractivity contribution in [2.75, 3.05) is 6.26 Å². The molecule has 2 aromatic rings. The summed E-state index contributed by atoms with van der Waals surface area (Å²) in [4.78, 5) is 12.6. The van der Waals surface area contributed by atoms with E-state index in [0.717, 1.165) is 11.8 Å². The van der Waals surface area contributed by atoms with Gasteiger partial charge in [-0.25, -0.2) is 12.8 Å². The Bertz CT molecular complexity index is 848. The smallest absolute Gasteiger partial charge is 0.261 e. The number of carbonyl (C=O) groups is 1. The number of amides is 1. The quantitative estimate of drug-likeness (QED) is 0.801. The Morgan fingerprint density at radius 2 is 1.69 bits per heavy atom. The molecule has 2 unspecified atom stereocenters. The maximum absolute atomic E-state index is 12.9. The van der Waals surface area contributed by atoms with Crippen LogP contribution in [0.15, 0.2) is 53.4 Å². The van der Waals surface area contributed by atoms with Crippen LogP contribution in [0.5, 0.6) is 5.75 Å². The topological polar surface area (TPSA) is 72.5 Å². The number of rotatable bonds is 7. The van der Waals surface area contributed by atoms with Gasteiger partial charge in [0.2, 0.25) is 0 Å². The molecule has 0 aromatic heterocycles. The van der Waals surface area contributed by atoms with E-state index >= 15 is 0 Å². The molecule has 7 heteroatoms. The second-order valence-corrected chi connectivity index (χ2v) is 8.04. The lowest BCUT2D eigenvalue weighted by atomic mass is 10.0. The molecule has 0 spiro atoms. The Kier molecular flexibility index (Phi) is 6.37. The van der Waals surface area contributed by atoms with Crippen LogP contribution < -0.4 is 10.1 Å². The zero-order chi connectivity index (χ0) is 19.3. The van der Waals surface area contributed by atoms with Gasteiger partial charge in [-0.1, -0.05) is 19.1 Å².